The van der Waals surface area contributed by atoms with Crippen LogP contribution in [-0.2, 0) is 0 Å². The number of nitrogens with zero attached hydrogens (tertiary/aromatic N) is 3. The lowest BCUT2D eigenvalue weighted by atomic mass is 10.1. The van der Waals surface area contributed by atoms with Crippen LogP contribution in [0, 0.1) is 12.7 Å². The van der Waals surface area contributed by atoms with E-state index in [0.29, 0.717) is 29.2 Å². The first-order valence-corrected chi connectivity index (χ1v) is 9.38. The van der Waals surface area contributed by atoms with E-state index in [0.717, 1.165) is 22.6 Å². The summed E-state index contributed by atoms with van der Waals surface area (Å²) in [6.45, 7) is 2.23. The number of ether oxygens (including phenoxy) is 1. The Kier molecular flexibility index (Phi) is 4.17. The monoisotopic (exact) mass is 390 g/mol. The average Bonchev–Trinajstić information content (AvgIpc) is 3.16. The van der Waals surface area contributed by atoms with E-state index in [2.05, 4.69) is 15.0 Å². The molecule has 1 aliphatic heterocycles. The minimum atomic E-state index is -0.318. The zero-order valence-corrected chi connectivity index (χ0v) is 15.8. The van der Waals surface area contributed by atoms with Gasteiger partial charge in [-0.3, -0.25) is 0 Å². The number of aromatic nitrogens is 3. The third kappa shape index (κ3) is 3.00. The quantitative estimate of drug-likeness (QED) is 0.554. The molecule has 0 bridgehead atoms. The Hall–Kier alpha value is -3.45. The van der Waals surface area contributed by atoms with Crippen molar-refractivity contribution in [3.05, 3.63) is 66.1 Å². The van der Waals surface area contributed by atoms with E-state index in [4.69, 9.17) is 4.74 Å². The van der Waals surface area contributed by atoms with Crippen LogP contribution in [0.4, 0.5) is 15.9 Å². The van der Waals surface area contributed by atoms with Crippen molar-refractivity contribution < 1.29 is 14.2 Å². The number of para-hydroxylation sites is 1. The van der Waals surface area contributed by atoms with E-state index in [9.17, 15) is 9.50 Å². The number of benzene rings is 2. The number of pyridine rings is 1. The summed E-state index contributed by atoms with van der Waals surface area (Å²) in [5, 5.41) is 9.91. The zero-order chi connectivity index (χ0) is 20.0. The van der Waals surface area contributed by atoms with Crippen molar-refractivity contribution in [1.82, 2.24) is 15.0 Å². The van der Waals surface area contributed by atoms with Crippen LogP contribution < -0.4 is 9.64 Å². The first-order valence-electron chi connectivity index (χ1n) is 9.38. The molecule has 0 amide bonds. The molecule has 2 aromatic carbocycles. The largest absolute Gasteiger partial charge is 0.488 e. The summed E-state index contributed by atoms with van der Waals surface area (Å²) >= 11 is 0. The number of aromatic amines is 1. The first-order chi connectivity index (χ1) is 14.1. The number of aliphatic hydroxyl groups is 1. The van der Waals surface area contributed by atoms with Gasteiger partial charge in [0, 0.05) is 6.20 Å². The summed E-state index contributed by atoms with van der Waals surface area (Å²) in [7, 11) is 0. The number of aryl methyl sites for hydroxylation is 1. The molecule has 0 spiro atoms. The van der Waals surface area contributed by atoms with E-state index >= 15 is 0 Å². The molecule has 0 fully saturated rings. The van der Waals surface area contributed by atoms with Crippen molar-refractivity contribution >= 4 is 22.5 Å². The molecule has 1 atom stereocenters. The van der Waals surface area contributed by atoms with Crippen molar-refractivity contribution in [3.8, 4) is 17.1 Å². The van der Waals surface area contributed by atoms with E-state index in [-0.39, 0.29) is 18.5 Å². The minimum Gasteiger partial charge on any atom is -0.488 e. The summed E-state index contributed by atoms with van der Waals surface area (Å²) in [6, 6.07) is 13.9. The van der Waals surface area contributed by atoms with Gasteiger partial charge >= 0.3 is 0 Å². The van der Waals surface area contributed by atoms with E-state index in [1.54, 1.807) is 12.3 Å². The van der Waals surface area contributed by atoms with Gasteiger partial charge in [-0.1, -0.05) is 12.1 Å². The van der Waals surface area contributed by atoms with Gasteiger partial charge < -0.3 is 19.7 Å². The van der Waals surface area contributed by atoms with Crippen LogP contribution in [-0.4, -0.2) is 39.3 Å². The lowest BCUT2D eigenvalue weighted by molar-refractivity contribution is 0.195. The van der Waals surface area contributed by atoms with Crippen LogP contribution in [0.2, 0.25) is 0 Å². The SMILES string of the molecule is Cc1ccc(N2c3cccc(-c4nc5ccc(F)cc5[nH]4)c3OCC2CO)nc1. The number of aliphatic hydroxyl groups excluding tert-OH is 1. The zero-order valence-electron chi connectivity index (χ0n) is 15.8. The van der Waals surface area contributed by atoms with Crippen molar-refractivity contribution in [1.29, 1.82) is 0 Å². The second-order valence-corrected chi connectivity index (χ2v) is 7.11. The lowest BCUT2D eigenvalue weighted by Gasteiger charge is -2.37. The van der Waals surface area contributed by atoms with Gasteiger partial charge in [0.25, 0.3) is 0 Å². The molecule has 0 radical (unpaired) electrons. The van der Waals surface area contributed by atoms with Gasteiger partial charge in [0.05, 0.1) is 34.9 Å². The highest BCUT2D eigenvalue weighted by molar-refractivity contribution is 5.84. The second-order valence-electron chi connectivity index (χ2n) is 7.11. The molecule has 4 aromatic rings. The molecule has 2 N–H and O–H groups in total. The van der Waals surface area contributed by atoms with E-state index in [1.807, 2.05) is 42.2 Å². The van der Waals surface area contributed by atoms with Gasteiger partial charge in [-0.05, 0) is 48.9 Å². The first kappa shape index (κ1) is 17.6. The fraction of sp³-hybridized carbons (Fsp3) is 0.182. The molecular weight excluding hydrogens is 371 g/mol. The van der Waals surface area contributed by atoms with Crippen molar-refractivity contribution in [2.75, 3.05) is 18.1 Å². The van der Waals surface area contributed by atoms with Crippen LogP contribution in [0.25, 0.3) is 22.4 Å². The molecule has 146 valence electrons. The van der Waals surface area contributed by atoms with Crippen LogP contribution >= 0.6 is 0 Å². The normalized spacial score (nSPS) is 16.0. The lowest BCUT2D eigenvalue weighted by Crippen LogP contribution is -2.43. The number of hydrogen-bond acceptors (Lipinski definition) is 5. The Morgan fingerprint density at radius 2 is 2.14 bits per heavy atom. The van der Waals surface area contributed by atoms with Gasteiger partial charge in [-0.25, -0.2) is 14.4 Å². The maximum absolute atomic E-state index is 13.6. The highest BCUT2D eigenvalue weighted by Gasteiger charge is 2.31. The maximum Gasteiger partial charge on any atom is 0.154 e. The smallest absolute Gasteiger partial charge is 0.154 e. The third-order valence-electron chi connectivity index (χ3n) is 5.09. The Morgan fingerprint density at radius 3 is 2.93 bits per heavy atom. The highest BCUT2D eigenvalue weighted by Crippen LogP contribution is 2.44. The van der Waals surface area contributed by atoms with Crippen LogP contribution in [0.1, 0.15) is 5.56 Å². The van der Waals surface area contributed by atoms with Crippen molar-refractivity contribution in [2.24, 2.45) is 0 Å². The number of halogens is 1. The molecule has 29 heavy (non-hydrogen) atoms. The van der Waals surface area contributed by atoms with Gasteiger partial charge in [0.1, 0.15) is 24.1 Å². The molecule has 5 rings (SSSR count). The predicted molar refractivity (Wildman–Crippen MR) is 109 cm³/mol. The third-order valence-corrected chi connectivity index (χ3v) is 5.09. The fourth-order valence-corrected chi connectivity index (χ4v) is 3.66. The molecule has 3 heterocycles. The van der Waals surface area contributed by atoms with Gasteiger partial charge in [0.15, 0.2) is 5.75 Å². The number of hydrogen-bond donors (Lipinski definition) is 2. The molecule has 0 saturated heterocycles. The fourth-order valence-electron chi connectivity index (χ4n) is 3.66. The molecule has 1 aliphatic rings. The summed E-state index contributed by atoms with van der Waals surface area (Å²) in [5.74, 6) is 1.67. The van der Waals surface area contributed by atoms with E-state index in [1.165, 1.54) is 12.1 Å². The second kappa shape index (κ2) is 6.86. The number of rotatable bonds is 3. The summed E-state index contributed by atoms with van der Waals surface area (Å²) in [5.41, 5.74) is 3.94. The van der Waals surface area contributed by atoms with Gasteiger partial charge in [-0.2, -0.15) is 0 Å². The summed E-state index contributed by atoms with van der Waals surface area (Å²) in [6.07, 6.45) is 1.80. The molecule has 2 aromatic heterocycles. The standard InChI is InChI=1S/C22H19FN4O2/c1-13-5-8-20(24-10-13)27-15(11-28)12-29-21-16(3-2-4-19(21)27)22-25-17-7-6-14(23)9-18(17)26-22/h2-10,15,28H,11-12H2,1H3,(H,25,26). The molecule has 0 saturated carbocycles. The highest BCUT2D eigenvalue weighted by atomic mass is 19.1. The summed E-state index contributed by atoms with van der Waals surface area (Å²) < 4.78 is 19.6. The van der Waals surface area contributed by atoms with Crippen LogP contribution in [0.3, 0.4) is 0 Å². The summed E-state index contributed by atoms with van der Waals surface area (Å²) in [4.78, 5) is 14.3. The van der Waals surface area contributed by atoms with Crippen molar-refractivity contribution in [2.45, 2.75) is 13.0 Å². The van der Waals surface area contributed by atoms with Gasteiger partial charge in [-0.15, -0.1) is 0 Å². The Labute approximate surface area is 166 Å². The average molecular weight is 390 g/mol. The number of imidazole rings is 1. The number of fused-ring (bicyclic) bond motifs is 2. The molecule has 6 nitrogen and oxygen atoms in total. The minimum absolute atomic E-state index is 0.0663. The van der Waals surface area contributed by atoms with Crippen LogP contribution in [0.5, 0.6) is 5.75 Å². The Morgan fingerprint density at radius 1 is 1.24 bits per heavy atom. The Bertz CT molecular complexity index is 1190. The van der Waals surface area contributed by atoms with Gasteiger partial charge in [0.2, 0.25) is 0 Å². The number of nitrogens with one attached hydrogen (secondary N) is 1. The molecule has 0 aliphatic carbocycles. The maximum atomic E-state index is 13.6. The molecule has 7 heteroatoms. The predicted octanol–water partition coefficient (Wildman–Crippen LogP) is 3.96. The molecular formula is C22H19FN4O2. The number of H-pyrrole nitrogens is 1. The molecule has 1 unspecified atom stereocenters. The topological polar surface area (TPSA) is 74.3 Å². The Balaban J connectivity index is 1.65. The van der Waals surface area contributed by atoms with E-state index < -0.39 is 0 Å². The van der Waals surface area contributed by atoms with Crippen LogP contribution in [0.15, 0.2) is 54.7 Å². The van der Waals surface area contributed by atoms with Crippen molar-refractivity contribution in [3.63, 3.8) is 0 Å². The number of anilines is 2.